The van der Waals surface area contributed by atoms with E-state index >= 15 is 0 Å². The van der Waals surface area contributed by atoms with Crippen LogP contribution in [0, 0.1) is 41.4 Å². The third-order valence-electron chi connectivity index (χ3n) is 7.52. The van der Waals surface area contributed by atoms with Gasteiger partial charge in [0.15, 0.2) is 0 Å². The molecule has 3 aliphatic carbocycles. The van der Waals surface area contributed by atoms with Gasteiger partial charge in [-0.05, 0) is 60.8 Å². The van der Waals surface area contributed by atoms with Crippen molar-refractivity contribution in [1.29, 1.82) is 0 Å². The van der Waals surface area contributed by atoms with Gasteiger partial charge in [-0.3, -0.25) is 0 Å². The van der Waals surface area contributed by atoms with E-state index in [-0.39, 0.29) is 24.4 Å². The summed E-state index contributed by atoms with van der Waals surface area (Å²) in [6.07, 6.45) is 5.76. The first-order valence-corrected chi connectivity index (χ1v) is 9.54. The van der Waals surface area contributed by atoms with Gasteiger partial charge in [0.2, 0.25) is 0 Å². The zero-order chi connectivity index (χ0) is 16.9. The van der Waals surface area contributed by atoms with Crippen molar-refractivity contribution in [3.8, 4) is 0 Å². The lowest BCUT2D eigenvalue weighted by Gasteiger charge is -2.60. The van der Waals surface area contributed by atoms with Gasteiger partial charge in [0.1, 0.15) is 0 Å². The molecule has 3 heteroatoms. The Hall–Kier alpha value is -0.380. The second kappa shape index (κ2) is 6.16. The van der Waals surface area contributed by atoms with E-state index < -0.39 is 11.7 Å². The van der Waals surface area contributed by atoms with E-state index in [9.17, 15) is 15.3 Å². The van der Waals surface area contributed by atoms with E-state index in [0.29, 0.717) is 23.7 Å². The Morgan fingerprint density at radius 2 is 1.87 bits per heavy atom. The first-order chi connectivity index (χ1) is 10.8. The number of rotatable bonds is 2. The van der Waals surface area contributed by atoms with Crippen LogP contribution in [0.25, 0.3) is 0 Å². The Labute approximate surface area is 140 Å². The molecule has 0 radical (unpaired) electrons. The highest BCUT2D eigenvalue weighted by molar-refractivity contribution is 5.26. The monoisotopic (exact) mass is 322 g/mol. The lowest BCUT2D eigenvalue weighted by molar-refractivity contribution is -0.202. The van der Waals surface area contributed by atoms with Crippen LogP contribution in [0.4, 0.5) is 0 Å². The van der Waals surface area contributed by atoms with Crippen LogP contribution >= 0.6 is 0 Å². The second-order valence-electron chi connectivity index (χ2n) is 8.89. The van der Waals surface area contributed by atoms with Gasteiger partial charge in [0, 0.05) is 11.8 Å². The lowest BCUT2D eigenvalue weighted by atomic mass is 9.48. The van der Waals surface area contributed by atoms with Crippen LogP contribution < -0.4 is 0 Å². The molecule has 0 aliphatic heterocycles. The summed E-state index contributed by atoms with van der Waals surface area (Å²) in [7, 11) is 0. The van der Waals surface area contributed by atoms with Crippen LogP contribution in [-0.4, -0.2) is 33.6 Å². The average Bonchev–Trinajstić information content (AvgIpc) is 2.49. The smallest absolute Gasteiger partial charge is 0.0831 e. The van der Waals surface area contributed by atoms with Crippen molar-refractivity contribution in [1.82, 2.24) is 0 Å². The molecule has 0 saturated heterocycles. The minimum atomic E-state index is -0.825. The van der Waals surface area contributed by atoms with Gasteiger partial charge in [-0.1, -0.05) is 33.8 Å². The zero-order valence-corrected chi connectivity index (χ0v) is 15.1. The molecule has 2 saturated carbocycles. The number of hydrogen-bond donors (Lipinski definition) is 3. The second-order valence-corrected chi connectivity index (χ2v) is 8.89. The van der Waals surface area contributed by atoms with E-state index in [1.54, 1.807) is 0 Å². The molecule has 3 rings (SSSR count). The molecule has 3 N–H and O–H groups in total. The first kappa shape index (κ1) is 17.4. The molecule has 23 heavy (non-hydrogen) atoms. The minimum Gasteiger partial charge on any atom is -0.392 e. The highest BCUT2D eigenvalue weighted by atomic mass is 16.3. The quantitative estimate of drug-likeness (QED) is 0.685. The normalized spacial score (nSPS) is 50.3. The van der Waals surface area contributed by atoms with Gasteiger partial charge in [-0.25, -0.2) is 0 Å². The molecular formula is C20H34O3. The predicted molar refractivity (Wildman–Crippen MR) is 91.7 cm³/mol. The van der Waals surface area contributed by atoms with Crippen molar-refractivity contribution in [2.45, 2.75) is 65.1 Å². The summed E-state index contributed by atoms with van der Waals surface area (Å²) in [5.41, 5.74) is -0.0893. The third-order valence-corrected chi connectivity index (χ3v) is 7.52. The molecule has 0 aromatic rings. The highest BCUT2D eigenvalue weighted by Crippen LogP contribution is 2.58. The summed E-state index contributed by atoms with van der Waals surface area (Å²) in [6, 6.07) is 0. The summed E-state index contributed by atoms with van der Waals surface area (Å²) in [6.45, 7) is 8.86. The highest BCUT2D eigenvalue weighted by Gasteiger charge is 2.60. The van der Waals surface area contributed by atoms with Gasteiger partial charge in [-0.15, -0.1) is 0 Å². The molecule has 132 valence electrons. The van der Waals surface area contributed by atoms with E-state index in [1.807, 2.05) is 6.08 Å². The third kappa shape index (κ3) is 2.51. The van der Waals surface area contributed by atoms with Gasteiger partial charge < -0.3 is 15.3 Å². The van der Waals surface area contributed by atoms with Crippen molar-refractivity contribution in [3.05, 3.63) is 11.6 Å². The van der Waals surface area contributed by atoms with Gasteiger partial charge in [-0.2, -0.15) is 0 Å². The van der Waals surface area contributed by atoms with Gasteiger partial charge in [0.05, 0.1) is 18.3 Å². The number of aliphatic hydroxyl groups excluding tert-OH is 2. The molecule has 0 aromatic heterocycles. The van der Waals surface area contributed by atoms with Crippen molar-refractivity contribution >= 4 is 0 Å². The molecule has 3 nitrogen and oxygen atoms in total. The van der Waals surface area contributed by atoms with Crippen LogP contribution in [-0.2, 0) is 0 Å². The molecular weight excluding hydrogens is 288 g/mol. The largest absolute Gasteiger partial charge is 0.392 e. The fourth-order valence-electron chi connectivity index (χ4n) is 6.18. The summed E-state index contributed by atoms with van der Waals surface area (Å²) < 4.78 is 0. The van der Waals surface area contributed by atoms with Crippen LogP contribution in [0.15, 0.2) is 11.6 Å². The zero-order valence-electron chi connectivity index (χ0n) is 15.1. The van der Waals surface area contributed by atoms with Gasteiger partial charge in [0.25, 0.3) is 0 Å². The molecule has 3 aliphatic rings. The van der Waals surface area contributed by atoms with E-state index in [4.69, 9.17) is 0 Å². The van der Waals surface area contributed by atoms with Crippen LogP contribution in [0.3, 0.4) is 0 Å². The Morgan fingerprint density at radius 3 is 2.48 bits per heavy atom. The topological polar surface area (TPSA) is 60.7 Å². The molecule has 0 spiro atoms. The van der Waals surface area contributed by atoms with Gasteiger partial charge >= 0.3 is 0 Å². The molecule has 0 heterocycles. The molecule has 2 fully saturated rings. The van der Waals surface area contributed by atoms with Crippen molar-refractivity contribution in [2.75, 3.05) is 6.61 Å². The van der Waals surface area contributed by atoms with Crippen LogP contribution in [0.5, 0.6) is 0 Å². The standard InChI is InChI=1S/C20H34O3/c1-11(2)15-7-5-12(3)17-9-14(10-21)19(22)18-16(15)8-6-13(4)20(17,18)23/h9,11-13,15-19,21-23H,5-8,10H2,1-4H3/t12-,13+,15+,16+,17+,18?,19?,20?/m1/s1. The van der Waals surface area contributed by atoms with Crippen LogP contribution in [0.2, 0.25) is 0 Å². The van der Waals surface area contributed by atoms with Crippen molar-refractivity contribution < 1.29 is 15.3 Å². The van der Waals surface area contributed by atoms with Crippen molar-refractivity contribution in [2.24, 2.45) is 41.4 Å². The Kier molecular flexibility index (Phi) is 4.67. The number of aliphatic hydroxyl groups is 3. The Balaban J connectivity index is 2.14. The number of hydrogen-bond acceptors (Lipinski definition) is 3. The summed E-state index contributed by atoms with van der Waals surface area (Å²) >= 11 is 0. The summed E-state index contributed by atoms with van der Waals surface area (Å²) in [5.74, 6) is 2.00. The van der Waals surface area contributed by atoms with Crippen molar-refractivity contribution in [3.63, 3.8) is 0 Å². The summed E-state index contributed by atoms with van der Waals surface area (Å²) in [5, 5.41) is 32.5. The van der Waals surface area contributed by atoms with E-state index in [0.717, 1.165) is 24.8 Å². The predicted octanol–water partition coefficient (Wildman–Crippen LogP) is 2.99. The van der Waals surface area contributed by atoms with E-state index in [1.165, 1.54) is 6.42 Å². The summed E-state index contributed by atoms with van der Waals surface area (Å²) in [4.78, 5) is 0. The fourth-order valence-corrected chi connectivity index (χ4v) is 6.18. The molecule has 0 amide bonds. The molecule has 8 atom stereocenters. The molecule has 3 unspecified atom stereocenters. The molecule has 4 bridgehead atoms. The molecule has 0 aromatic carbocycles. The maximum absolute atomic E-state index is 11.8. The first-order valence-electron chi connectivity index (χ1n) is 9.54. The average molecular weight is 322 g/mol. The lowest BCUT2D eigenvalue weighted by Crippen LogP contribution is -2.64. The fraction of sp³-hybridized carbons (Fsp3) is 0.900. The Bertz CT molecular complexity index is 472. The van der Waals surface area contributed by atoms with Crippen LogP contribution in [0.1, 0.15) is 53.4 Å². The minimum absolute atomic E-state index is 0.0592. The Morgan fingerprint density at radius 1 is 1.17 bits per heavy atom. The van der Waals surface area contributed by atoms with E-state index in [2.05, 4.69) is 27.7 Å². The SMILES string of the molecule is CC(C)[C@@H]1CC[C@@H](C)[C@@H]2C=C(CO)C(O)C3[C@H]1CC[C@H](C)C32O. The maximum atomic E-state index is 11.8. The maximum Gasteiger partial charge on any atom is 0.0831 e.